The van der Waals surface area contributed by atoms with Crippen molar-refractivity contribution in [3.8, 4) is 28.5 Å². The number of aromatic amines is 1. The molecule has 12 heteroatoms. The Morgan fingerprint density at radius 3 is 2.57 bits per heavy atom. The van der Waals surface area contributed by atoms with E-state index in [2.05, 4.69) is 48.1 Å². The van der Waals surface area contributed by atoms with Crippen molar-refractivity contribution in [3.63, 3.8) is 0 Å². The van der Waals surface area contributed by atoms with Crippen LogP contribution in [-0.4, -0.2) is 54.9 Å². The largest absolute Gasteiger partial charge is 0.335 e. The van der Waals surface area contributed by atoms with Gasteiger partial charge in [0, 0.05) is 36.4 Å². The molecule has 0 atom stereocenters. The minimum Gasteiger partial charge on any atom is -0.291 e. The first-order valence-electron chi connectivity index (χ1n) is 11.5. The molecule has 0 radical (unpaired) electrons. The van der Waals surface area contributed by atoms with Crippen LogP contribution in [0, 0.1) is 0 Å². The normalized spacial score (nSPS) is 11.3. The monoisotopic (exact) mass is 471 g/mol. The topological polar surface area (TPSA) is 138 Å². The van der Waals surface area contributed by atoms with Crippen LogP contribution in [0.2, 0.25) is 0 Å². The van der Waals surface area contributed by atoms with Crippen LogP contribution < -0.4 is 5.69 Å². The lowest BCUT2D eigenvalue weighted by Crippen LogP contribution is -2.26. The van der Waals surface area contributed by atoms with E-state index < -0.39 is 0 Å². The number of nitrogens with one attached hydrogen (secondary N) is 1. The molecular formula is C23H25N11O. The highest BCUT2D eigenvalue weighted by Gasteiger charge is 2.18. The highest BCUT2D eigenvalue weighted by Crippen LogP contribution is 2.26. The van der Waals surface area contributed by atoms with Gasteiger partial charge in [-0.25, -0.2) is 19.1 Å². The standard InChI is InChI=1S/C23H25N11O/c1-3-5-6-19-15-33(22-27-30-31-34(22)4-2)23(35)32(19)14-18-13-24-12-11-20(18)16-7-9-17(10-8-16)21-25-28-29-26-21/h7-13,15H,3-6,14H2,1-2H3,(H,25,26,28,29). The van der Waals surface area contributed by atoms with Crippen LogP contribution in [0.4, 0.5) is 0 Å². The molecule has 4 heterocycles. The Morgan fingerprint density at radius 2 is 1.83 bits per heavy atom. The highest BCUT2D eigenvalue weighted by atomic mass is 16.2. The minimum absolute atomic E-state index is 0.177. The van der Waals surface area contributed by atoms with E-state index in [9.17, 15) is 4.79 Å². The van der Waals surface area contributed by atoms with Gasteiger partial charge >= 0.3 is 5.69 Å². The molecule has 35 heavy (non-hydrogen) atoms. The molecule has 1 aromatic carbocycles. The number of rotatable bonds is 9. The van der Waals surface area contributed by atoms with Crippen molar-refractivity contribution in [2.45, 2.75) is 46.2 Å². The third-order valence-electron chi connectivity index (χ3n) is 5.92. The Balaban J connectivity index is 1.53. The number of H-pyrrole nitrogens is 1. The summed E-state index contributed by atoms with van der Waals surface area (Å²) in [5, 5.41) is 25.8. The van der Waals surface area contributed by atoms with Crippen molar-refractivity contribution in [1.82, 2.24) is 54.9 Å². The number of hydrogen-bond donors (Lipinski definition) is 1. The molecule has 0 fully saturated rings. The van der Waals surface area contributed by atoms with Gasteiger partial charge in [-0.2, -0.15) is 0 Å². The maximum absolute atomic E-state index is 13.5. The molecule has 0 amide bonds. The number of pyridine rings is 1. The van der Waals surface area contributed by atoms with Gasteiger partial charge in [0.1, 0.15) is 0 Å². The van der Waals surface area contributed by atoms with Gasteiger partial charge in [0.25, 0.3) is 5.95 Å². The van der Waals surface area contributed by atoms with E-state index >= 15 is 0 Å². The molecule has 4 aromatic heterocycles. The number of unbranched alkanes of at least 4 members (excludes halogenated alkanes) is 1. The fourth-order valence-electron chi connectivity index (χ4n) is 4.07. The van der Waals surface area contributed by atoms with Gasteiger partial charge < -0.3 is 0 Å². The average molecular weight is 472 g/mol. The summed E-state index contributed by atoms with van der Waals surface area (Å²) < 4.78 is 4.93. The number of benzene rings is 1. The number of aromatic nitrogens is 11. The first-order valence-corrected chi connectivity index (χ1v) is 11.5. The summed E-state index contributed by atoms with van der Waals surface area (Å²) in [5.74, 6) is 1.02. The Morgan fingerprint density at radius 1 is 1.00 bits per heavy atom. The zero-order valence-corrected chi connectivity index (χ0v) is 19.5. The Hall–Kier alpha value is -4.48. The predicted molar refractivity (Wildman–Crippen MR) is 128 cm³/mol. The summed E-state index contributed by atoms with van der Waals surface area (Å²) in [4.78, 5) is 17.9. The molecular weight excluding hydrogens is 446 g/mol. The van der Waals surface area contributed by atoms with Gasteiger partial charge in [-0.05, 0) is 63.4 Å². The summed E-state index contributed by atoms with van der Waals surface area (Å²) in [5.41, 5.74) is 4.60. The maximum Gasteiger partial charge on any atom is 0.335 e. The van der Waals surface area contributed by atoms with E-state index in [1.807, 2.05) is 49.6 Å². The van der Waals surface area contributed by atoms with Crippen molar-refractivity contribution < 1.29 is 0 Å². The molecule has 5 rings (SSSR count). The molecule has 0 aliphatic carbocycles. The second kappa shape index (κ2) is 9.79. The summed E-state index contributed by atoms with van der Waals surface area (Å²) in [7, 11) is 0. The van der Waals surface area contributed by atoms with Crippen LogP contribution in [0.5, 0.6) is 0 Å². The van der Waals surface area contributed by atoms with Gasteiger partial charge in [0.2, 0.25) is 0 Å². The van der Waals surface area contributed by atoms with Crippen LogP contribution >= 0.6 is 0 Å². The third kappa shape index (κ3) is 4.37. The molecule has 0 saturated heterocycles. The number of imidazole rings is 1. The third-order valence-corrected chi connectivity index (χ3v) is 5.92. The summed E-state index contributed by atoms with van der Waals surface area (Å²) in [6, 6.07) is 9.91. The quantitative estimate of drug-likeness (QED) is 0.346. The molecule has 12 nitrogen and oxygen atoms in total. The first-order chi connectivity index (χ1) is 17.2. The van der Waals surface area contributed by atoms with Gasteiger partial charge in [-0.1, -0.05) is 42.7 Å². The fraction of sp³-hybridized carbons (Fsp3) is 0.304. The number of nitrogens with zero attached hydrogens (tertiary/aromatic N) is 10. The van der Waals surface area contributed by atoms with E-state index in [1.54, 1.807) is 15.4 Å². The van der Waals surface area contributed by atoms with Gasteiger partial charge in [-0.15, -0.1) is 5.10 Å². The lowest BCUT2D eigenvalue weighted by Gasteiger charge is -2.12. The van der Waals surface area contributed by atoms with E-state index in [1.165, 1.54) is 4.57 Å². The Kier molecular flexibility index (Phi) is 6.24. The summed E-state index contributed by atoms with van der Waals surface area (Å²) in [6.07, 6.45) is 8.20. The van der Waals surface area contributed by atoms with E-state index in [-0.39, 0.29) is 5.69 Å². The van der Waals surface area contributed by atoms with E-state index in [4.69, 9.17) is 0 Å². The second-order valence-corrected chi connectivity index (χ2v) is 8.12. The molecule has 0 aliphatic heterocycles. The number of aryl methyl sites for hydroxylation is 2. The minimum atomic E-state index is -0.177. The lowest BCUT2D eigenvalue weighted by molar-refractivity contribution is 0.603. The Bertz CT molecular complexity index is 1460. The van der Waals surface area contributed by atoms with Crippen LogP contribution in [0.15, 0.2) is 53.7 Å². The zero-order valence-electron chi connectivity index (χ0n) is 19.5. The summed E-state index contributed by atoms with van der Waals surface area (Å²) in [6.45, 7) is 5.02. The molecule has 0 unspecified atom stereocenters. The van der Waals surface area contributed by atoms with E-state index in [0.717, 1.165) is 47.2 Å². The molecule has 5 aromatic rings. The van der Waals surface area contributed by atoms with Crippen molar-refractivity contribution in [1.29, 1.82) is 0 Å². The van der Waals surface area contributed by atoms with Crippen LogP contribution in [-0.2, 0) is 19.5 Å². The molecule has 0 aliphatic rings. The first kappa shape index (κ1) is 22.3. The molecule has 1 N–H and O–H groups in total. The van der Waals surface area contributed by atoms with Crippen LogP contribution in [0.1, 0.15) is 37.9 Å². The maximum atomic E-state index is 13.5. The molecule has 0 spiro atoms. The van der Waals surface area contributed by atoms with Crippen molar-refractivity contribution in [3.05, 3.63) is 70.7 Å². The molecule has 178 valence electrons. The van der Waals surface area contributed by atoms with Gasteiger partial charge in [0.15, 0.2) is 5.82 Å². The molecule has 0 saturated carbocycles. The Labute approximate surface area is 200 Å². The highest BCUT2D eigenvalue weighted by molar-refractivity contribution is 5.69. The van der Waals surface area contributed by atoms with Gasteiger partial charge in [0.05, 0.1) is 6.54 Å². The van der Waals surface area contributed by atoms with Crippen molar-refractivity contribution in [2.24, 2.45) is 0 Å². The number of hydrogen-bond acceptors (Lipinski definition) is 8. The smallest absolute Gasteiger partial charge is 0.291 e. The fourth-order valence-corrected chi connectivity index (χ4v) is 4.07. The van der Waals surface area contributed by atoms with Crippen molar-refractivity contribution >= 4 is 0 Å². The number of tetrazole rings is 2. The van der Waals surface area contributed by atoms with Crippen molar-refractivity contribution in [2.75, 3.05) is 0 Å². The average Bonchev–Trinajstić information content (AvgIpc) is 3.65. The van der Waals surface area contributed by atoms with Crippen LogP contribution in [0.25, 0.3) is 28.5 Å². The lowest BCUT2D eigenvalue weighted by atomic mass is 10.00. The van der Waals surface area contributed by atoms with Crippen LogP contribution in [0.3, 0.4) is 0 Å². The molecule has 0 bridgehead atoms. The van der Waals surface area contributed by atoms with E-state index in [0.29, 0.717) is 24.9 Å². The van der Waals surface area contributed by atoms with Gasteiger partial charge in [-0.3, -0.25) is 9.55 Å². The SMILES string of the molecule is CCCCc1cn(-c2nnnn2CC)c(=O)n1Cc1cnccc1-c1ccc(-c2nnn[nH]2)cc1. The summed E-state index contributed by atoms with van der Waals surface area (Å²) >= 11 is 0. The zero-order chi connectivity index (χ0) is 24.2. The second-order valence-electron chi connectivity index (χ2n) is 8.12. The predicted octanol–water partition coefficient (Wildman–Crippen LogP) is 2.28.